The quantitative estimate of drug-likeness (QED) is 0.685. The van der Waals surface area contributed by atoms with Crippen LogP contribution in [0.5, 0.6) is 0 Å². The summed E-state index contributed by atoms with van der Waals surface area (Å²) in [5, 5.41) is 4.61. The van der Waals surface area contributed by atoms with Crippen molar-refractivity contribution in [3.63, 3.8) is 0 Å². The van der Waals surface area contributed by atoms with Gasteiger partial charge in [0.15, 0.2) is 0 Å². The molecule has 1 N–H and O–H groups in total. The first-order valence-electron chi connectivity index (χ1n) is 9.33. The van der Waals surface area contributed by atoms with Crippen LogP contribution in [-0.4, -0.2) is 18.2 Å². The van der Waals surface area contributed by atoms with Gasteiger partial charge < -0.3 is 0 Å². The van der Waals surface area contributed by atoms with Crippen molar-refractivity contribution >= 4 is 10.0 Å². The topological polar surface area (TPSA) is 64.0 Å². The van der Waals surface area contributed by atoms with Gasteiger partial charge in [0.1, 0.15) is 0 Å². The molecule has 3 aromatic rings. The number of nitrogens with zero attached hydrogens (tertiary/aromatic N) is 2. The fourth-order valence-electron chi connectivity index (χ4n) is 3.73. The van der Waals surface area contributed by atoms with Crippen LogP contribution in [0, 0.1) is 34.6 Å². The molecule has 0 atom stereocenters. The molecule has 6 heteroatoms. The summed E-state index contributed by atoms with van der Waals surface area (Å²) < 4.78 is 30.6. The largest absolute Gasteiger partial charge is 0.265 e. The number of rotatable bonds is 6. The van der Waals surface area contributed by atoms with Crippen LogP contribution in [0.3, 0.4) is 0 Å². The zero-order chi connectivity index (χ0) is 20.5. The second-order valence-corrected chi connectivity index (χ2v) is 9.05. The number of hydrogen-bond donors (Lipinski definition) is 1. The lowest BCUT2D eigenvalue weighted by Gasteiger charge is -2.13. The molecule has 0 aliphatic carbocycles. The third-order valence-electron chi connectivity index (χ3n) is 5.02. The highest BCUT2D eigenvalue weighted by atomic mass is 32.2. The van der Waals surface area contributed by atoms with Crippen LogP contribution in [0.2, 0.25) is 0 Å². The van der Waals surface area contributed by atoms with Gasteiger partial charge in [-0.15, -0.1) is 0 Å². The van der Waals surface area contributed by atoms with Crippen LogP contribution >= 0.6 is 0 Å². The molecule has 0 radical (unpaired) electrons. The van der Waals surface area contributed by atoms with E-state index in [4.69, 9.17) is 0 Å². The van der Waals surface area contributed by atoms with Crippen molar-refractivity contribution in [3.05, 3.63) is 81.7 Å². The van der Waals surface area contributed by atoms with E-state index in [0.29, 0.717) is 11.4 Å². The predicted octanol–water partition coefficient (Wildman–Crippen LogP) is 3.95. The first kappa shape index (κ1) is 20.3. The van der Waals surface area contributed by atoms with Crippen molar-refractivity contribution in [2.24, 2.45) is 0 Å². The first-order chi connectivity index (χ1) is 13.2. The van der Waals surface area contributed by atoms with Crippen LogP contribution in [0.15, 0.2) is 47.4 Å². The fraction of sp³-hybridized carbons (Fsp3) is 0.318. The molecule has 0 unspecified atom stereocenters. The second kappa shape index (κ2) is 7.89. The lowest BCUT2D eigenvalue weighted by atomic mass is 10.1. The molecule has 0 saturated carbocycles. The third kappa shape index (κ3) is 4.18. The summed E-state index contributed by atoms with van der Waals surface area (Å²) in [6, 6.07) is 13.9. The van der Waals surface area contributed by atoms with Crippen LogP contribution in [0.25, 0.3) is 0 Å². The molecule has 0 fully saturated rings. The summed E-state index contributed by atoms with van der Waals surface area (Å²) in [4.78, 5) is 0.366. The molecule has 28 heavy (non-hydrogen) atoms. The molecule has 0 amide bonds. The monoisotopic (exact) mass is 397 g/mol. The minimum absolute atomic E-state index is 0.224. The fourth-order valence-corrected chi connectivity index (χ4v) is 5.17. The van der Waals surface area contributed by atoms with Crippen molar-refractivity contribution in [2.75, 3.05) is 0 Å². The summed E-state index contributed by atoms with van der Waals surface area (Å²) in [5.74, 6) is 0. The van der Waals surface area contributed by atoms with Gasteiger partial charge in [-0.25, -0.2) is 13.1 Å². The lowest BCUT2D eigenvalue weighted by Crippen LogP contribution is -2.25. The van der Waals surface area contributed by atoms with Crippen molar-refractivity contribution in [1.29, 1.82) is 0 Å². The van der Waals surface area contributed by atoms with E-state index >= 15 is 0 Å². The summed E-state index contributed by atoms with van der Waals surface area (Å²) in [6.45, 7) is 10.4. The molecule has 1 aromatic heterocycles. The van der Waals surface area contributed by atoms with E-state index in [1.807, 2.05) is 69.6 Å². The Morgan fingerprint density at radius 3 is 2.18 bits per heavy atom. The van der Waals surface area contributed by atoms with Gasteiger partial charge in [0, 0.05) is 17.8 Å². The number of nitrogens with one attached hydrogen (secondary N) is 1. The summed E-state index contributed by atoms with van der Waals surface area (Å²) in [7, 11) is -3.61. The number of hydrogen-bond acceptors (Lipinski definition) is 3. The molecule has 5 nitrogen and oxygen atoms in total. The van der Waals surface area contributed by atoms with Gasteiger partial charge in [0.2, 0.25) is 10.0 Å². The van der Waals surface area contributed by atoms with Crippen LogP contribution < -0.4 is 4.72 Å². The number of sulfonamides is 1. The number of aryl methyl sites for hydroxylation is 4. The maximum Gasteiger partial charge on any atom is 0.241 e. The first-order valence-corrected chi connectivity index (χ1v) is 10.8. The highest BCUT2D eigenvalue weighted by Gasteiger charge is 2.21. The Kier molecular flexibility index (Phi) is 5.72. The predicted molar refractivity (Wildman–Crippen MR) is 112 cm³/mol. The van der Waals surface area contributed by atoms with E-state index in [9.17, 15) is 8.42 Å². The third-order valence-corrected chi connectivity index (χ3v) is 6.72. The minimum atomic E-state index is -3.61. The molecule has 148 valence electrons. The van der Waals surface area contributed by atoms with E-state index < -0.39 is 10.0 Å². The SMILES string of the molecule is Cc1cc(C)c(S(=O)(=O)NCc2c(C)nn(Cc3ccccc3)c2C)c(C)c1. The minimum Gasteiger partial charge on any atom is -0.265 e. The summed E-state index contributed by atoms with van der Waals surface area (Å²) in [6.07, 6.45) is 0. The van der Waals surface area contributed by atoms with Crippen LogP contribution in [-0.2, 0) is 23.1 Å². The van der Waals surface area contributed by atoms with E-state index in [2.05, 4.69) is 22.0 Å². The average Bonchev–Trinajstić information content (AvgIpc) is 2.86. The van der Waals surface area contributed by atoms with Gasteiger partial charge in [-0.05, 0) is 51.3 Å². The highest BCUT2D eigenvalue weighted by molar-refractivity contribution is 7.89. The standard InChI is InChI=1S/C22H27N3O2S/c1-15-11-16(2)22(17(3)12-15)28(26,27)23-13-21-18(4)24-25(19(21)5)14-20-9-7-6-8-10-20/h6-12,23H,13-14H2,1-5H3. The van der Waals surface area contributed by atoms with E-state index in [1.165, 1.54) is 0 Å². The van der Waals surface area contributed by atoms with Crippen molar-refractivity contribution in [2.45, 2.75) is 52.6 Å². The lowest BCUT2D eigenvalue weighted by molar-refractivity contribution is 0.579. The van der Waals surface area contributed by atoms with Crippen molar-refractivity contribution in [1.82, 2.24) is 14.5 Å². The normalized spacial score (nSPS) is 11.8. The molecular formula is C22H27N3O2S. The Hall–Kier alpha value is -2.44. The van der Waals surface area contributed by atoms with Crippen molar-refractivity contribution in [3.8, 4) is 0 Å². The molecule has 3 rings (SSSR count). The zero-order valence-corrected chi connectivity index (χ0v) is 17.9. The number of aromatic nitrogens is 2. The van der Waals surface area contributed by atoms with Gasteiger partial charge in [-0.3, -0.25) is 4.68 Å². The Morgan fingerprint density at radius 2 is 1.57 bits per heavy atom. The molecular weight excluding hydrogens is 370 g/mol. The molecule has 2 aromatic carbocycles. The molecule has 0 bridgehead atoms. The Bertz CT molecular complexity index is 1080. The summed E-state index contributed by atoms with van der Waals surface area (Å²) >= 11 is 0. The van der Waals surface area contributed by atoms with Gasteiger partial charge in [0.25, 0.3) is 0 Å². The maximum absolute atomic E-state index is 12.9. The van der Waals surface area contributed by atoms with Gasteiger partial charge in [0.05, 0.1) is 17.1 Å². The van der Waals surface area contributed by atoms with Gasteiger partial charge >= 0.3 is 0 Å². The molecule has 1 heterocycles. The zero-order valence-electron chi connectivity index (χ0n) is 17.1. The smallest absolute Gasteiger partial charge is 0.241 e. The Balaban J connectivity index is 1.83. The van der Waals surface area contributed by atoms with Gasteiger partial charge in [-0.1, -0.05) is 48.0 Å². The molecule has 0 aliphatic rings. The van der Waals surface area contributed by atoms with Crippen LogP contribution in [0.4, 0.5) is 0 Å². The van der Waals surface area contributed by atoms with Gasteiger partial charge in [-0.2, -0.15) is 5.10 Å². The van der Waals surface area contributed by atoms with Crippen molar-refractivity contribution < 1.29 is 8.42 Å². The number of benzene rings is 2. The molecule has 0 spiro atoms. The highest BCUT2D eigenvalue weighted by Crippen LogP contribution is 2.22. The van der Waals surface area contributed by atoms with E-state index in [0.717, 1.165) is 39.2 Å². The van der Waals surface area contributed by atoms with E-state index in [-0.39, 0.29) is 6.54 Å². The Labute approximate surface area is 167 Å². The maximum atomic E-state index is 12.9. The average molecular weight is 398 g/mol. The summed E-state index contributed by atoms with van der Waals surface area (Å²) in [5.41, 5.74) is 6.47. The van der Waals surface area contributed by atoms with E-state index in [1.54, 1.807) is 0 Å². The molecule has 0 aliphatic heterocycles. The second-order valence-electron chi connectivity index (χ2n) is 7.35. The molecule has 0 saturated heterocycles. The van der Waals surface area contributed by atoms with Crippen LogP contribution in [0.1, 0.15) is 39.2 Å². The Morgan fingerprint density at radius 1 is 0.964 bits per heavy atom.